The van der Waals surface area contributed by atoms with Gasteiger partial charge >= 0.3 is 0 Å². The Morgan fingerprint density at radius 3 is 2.78 bits per heavy atom. The van der Waals surface area contributed by atoms with E-state index in [-0.39, 0.29) is 17.2 Å². The van der Waals surface area contributed by atoms with Crippen molar-refractivity contribution in [2.24, 2.45) is 17.3 Å². The largest absolute Gasteiger partial charge is 0.361 e. The lowest BCUT2D eigenvalue weighted by Crippen LogP contribution is -2.28. The highest BCUT2D eigenvalue weighted by Crippen LogP contribution is 2.59. The van der Waals surface area contributed by atoms with Crippen molar-refractivity contribution in [3.05, 3.63) is 47.7 Å². The van der Waals surface area contributed by atoms with Crippen LogP contribution >= 0.6 is 0 Å². The van der Waals surface area contributed by atoms with Gasteiger partial charge in [0.1, 0.15) is 0 Å². The lowest BCUT2D eigenvalue weighted by atomic mass is 10.1. The molecule has 1 aromatic carbocycles. The molecule has 0 unspecified atom stereocenters. The fourth-order valence-electron chi connectivity index (χ4n) is 3.62. The summed E-state index contributed by atoms with van der Waals surface area (Å²) < 4.78 is 0. The molecule has 2 N–H and O–H groups in total. The van der Waals surface area contributed by atoms with Crippen molar-refractivity contribution in [2.75, 3.05) is 6.54 Å². The van der Waals surface area contributed by atoms with E-state index in [1.54, 1.807) is 0 Å². The Morgan fingerprint density at radius 2 is 2.04 bits per heavy atom. The van der Waals surface area contributed by atoms with E-state index in [1.165, 1.54) is 16.5 Å². The number of carbonyl (C=O) groups excluding carboxylic acids is 1. The zero-order valence-corrected chi connectivity index (χ0v) is 14.4. The summed E-state index contributed by atoms with van der Waals surface area (Å²) in [5.41, 5.74) is 3.79. The van der Waals surface area contributed by atoms with Crippen LogP contribution in [0.25, 0.3) is 10.9 Å². The van der Waals surface area contributed by atoms with Crippen LogP contribution in [-0.2, 0) is 11.2 Å². The molecule has 3 heteroatoms. The van der Waals surface area contributed by atoms with Crippen molar-refractivity contribution in [1.29, 1.82) is 0 Å². The molecular formula is C20H26N2O. The third kappa shape index (κ3) is 3.05. The van der Waals surface area contributed by atoms with Gasteiger partial charge in [0.2, 0.25) is 5.91 Å². The molecule has 3 nitrogen and oxygen atoms in total. The lowest BCUT2D eigenvalue weighted by Gasteiger charge is -2.06. The summed E-state index contributed by atoms with van der Waals surface area (Å²) in [6.45, 7) is 9.25. The van der Waals surface area contributed by atoms with E-state index in [1.807, 2.05) is 12.3 Å². The Bertz CT molecular complexity index is 750. The van der Waals surface area contributed by atoms with E-state index in [9.17, 15) is 4.79 Å². The fourth-order valence-corrected chi connectivity index (χ4v) is 3.62. The zero-order valence-electron chi connectivity index (χ0n) is 14.4. The van der Waals surface area contributed by atoms with Crippen LogP contribution in [0.15, 0.2) is 42.1 Å². The number of hydrogen-bond donors (Lipinski definition) is 2. The molecule has 0 spiro atoms. The topological polar surface area (TPSA) is 44.9 Å². The summed E-state index contributed by atoms with van der Waals surface area (Å²) >= 11 is 0. The molecular weight excluding hydrogens is 284 g/mol. The minimum Gasteiger partial charge on any atom is -0.361 e. The first-order valence-electron chi connectivity index (χ1n) is 8.39. The van der Waals surface area contributed by atoms with E-state index in [0.29, 0.717) is 12.5 Å². The number of fused-ring (bicyclic) bond motifs is 1. The van der Waals surface area contributed by atoms with Gasteiger partial charge in [-0.05, 0) is 43.2 Å². The van der Waals surface area contributed by atoms with Gasteiger partial charge in [0.25, 0.3) is 0 Å². The van der Waals surface area contributed by atoms with Gasteiger partial charge in [0.05, 0.1) is 5.92 Å². The SMILES string of the molecule is CC(C)=C[C@H]1[C@H](C(=O)NCCc2c[nH]c3ccccc23)C1(C)C. The second-order valence-corrected chi connectivity index (χ2v) is 7.47. The van der Waals surface area contributed by atoms with Crippen LogP contribution in [0.1, 0.15) is 33.3 Å². The van der Waals surface area contributed by atoms with Gasteiger partial charge in [0.15, 0.2) is 0 Å². The molecule has 1 heterocycles. The lowest BCUT2D eigenvalue weighted by molar-refractivity contribution is -0.123. The number of rotatable bonds is 5. The number of amides is 1. The van der Waals surface area contributed by atoms with Crippen molar-refractivity contribution in [2.45, 2.75) is 34.1 Å². The molecule has 1 aliphatic carbocycles. The number of carbonyl (C=O) groups is 1. The molecule has 2 atom stereocenters. The summed E-state index contributed by atoms with van der Waals surface area (Å²) in [4.78, 5) is 15.7. The first kappa shape index (κ1) is 15.9. The summed E-state index contributed by atoms with van der Waals surface area (Å²) in [6, 6.07) is 8.28. The maximum absolute atomic E-state index is 12.5. The average Bonchev–Trinajstić information content (AvgIpc) is 2.84. The third-order valence-corrected chi connectivity index (χ3v) is 5.07. The first-order chi connectivity index (χ1) is 10.9. The van der Waals surface area contributed by atoms with Crippen molar-refractivity contribution >= 4 is 16.8 Å². The van der Waals surface area contributed by atoms with Crippen LogP contribution in [0.4, 0.5) is 0 Å². The summed E-state index contributed by atoms with van der Waals surface area (Å²) in [6.07, 6.45) is 5.14. The average molecular weight is 310 g/mol. The number of hydrogen-bond acceptors (Lipinski definition) is 1. The molecule has 0 saturated heterocycles. The molecule has 1 amide bonds. The molecule has 0 aliphatic heterocycles. The molecule has 23 heavy (non-hydrogen) atoms. The second kappa shape index (κ2) is 5.88. The molecule has 2 aromatic rings. The maximum Gasteiger partial charge on any atom is 0.224 e. The minimum atomic E-state index is 0.0855. The number of para-hydroxylation sites is 1. The van der Waals surface area contributed by atoms with Crippen molar-refractivity contribution in [3.63, 3.8) is 0 Å². The van der Waals surface area contributed by atoms with Crippen molar-refractivity contribution in [3.8, 4) is 0 Å². The number of allylic oxidation sites excluding steroid dienone is 2. The standard InChI is InChI=1S/C20H26N2O/c1-13(2)11-16-18(20(16,3)4)19(23)21-10-9-14-12-22-17-8-6-5-7-15(14)17/h5-8,11-12,16,18,22H,9-10H2,1-4H3,(H,21,23)/t16-,18+/m0/s1. The van der Waals surface area contributed by atoms with E-state index < -0.39 is 0 Å². The normalized spacial score (nSPS) is 21.9. The Labute approximate surface area is 138 Å². The third-order valence-electron chi connectivity index (χ3n) is 5.07. The predicted molar refractivity (Wildman–Crippen MR) is 95.2 cm³/mol. The van der Waals surface area contributed by atoms with Crippen LogP contribution in [0.2, 0.25) is 0 Å². The van der Waals surface area contributed by atoms with Gasteiger partial charge in [-0.15, -0.1) is 0 Å². The van der Waals surface area contributed by atoms with Crippen LogP contribution in [-0.4, -0.2) is 17.4 Å². The van der Waals surface area contributed by atoms with Crippen LogP contribution in [0.3, 0.4) is 0 Å². The molecule has 1 saturated carbocycles. The van der Waals surface area contributed by atoms with Gasteiger partial charge in [-0.3, -0.25) is 4.79 Å². The summed E-state index contributed by atoms with van der Waals surface area (Å²) in [5.74, 6) is 0.679. The van der Waals surface area contributed by atoms with Crippen molar-refractivity contribution < 1.29 is 4.79 Å². The maximum atomic E-state index is 12.5. The predicted octanol–water partition coefficient (Wildman–Crippen LogP) is 4.07. The first-order valence-corrected chi connectivity index (χ1v) is 8.39. The molecule has 0 bridgehead atoms. The number of benzene rings is 1. The molecule has 122 valence electrons. The van der Waals surface area contributed by atoms with E-state index in [4.69, 9.17) is 0 Å². The Balaban J connectivity index is 1.57. The summed E-state index contributed by atoms with van der Waals surface area (Å²) in [5, 5.41) is 4.37. The molecule has 1 aromatic heterocycles. The van der Waals surface area contributed by atoms with Gasteiger partial charge in [-0.25, -0.2) is 0 Å². The molecule has 1 aliphatic rings. The Hall–Kier alpha value is -2.03. The highest BCUT2D eigenvalue weighted by Gasteiger charge is 2.60. The smallest absolute Gasteiger partial charge is 0.224 e. The molecule has 3 rings (SSSR count). The Kier molecular flexibility index (Phi) is 4.05. The Morgan fingerprint density at radius 1 is 1.30 bits per heavy atom. The van der Waals surface area contributed by atoms with E-state index >= 15 is 0 Å². The molecule has 1 fully saturated rings. The highest BCUT2D eigenvalue weighted by molar-refractivity contribution is 5.84. The zero-order chi connectivity index (χ0) is 16.6. The second-order valence-electron chi connectivity index (χ2n) is 7.47. The number of H-pyrrole nitrogens is 1. The van der Waals surface area contributed by atoms with Gasteiger partial charge < -0.3 is 10.3 Å². The van der Waals surface area contributed by atoms with E-state index in [2.05, 4.69) is 62.3 Å². The van der Waals surface area contributed by atoms with Crippen LogP contribution < -0.4 is 5.32 Å². The number of aromatic amines is 1. The minimum absolute atomic E-state index is 0.0855. The van der Waals surface area contributed by atoms with Gasteiger partial charge in [0, 0.05) is 23.6 Å². The van der Waals surface area contributed by atoms with Crippen molar-refractivity contribution in [1.82, 2.24) is 10.3 Å². The summed E-state index contributed by atoms with van der Waals surface area (Å²) in [7, 11) is 0. The van der Waals surface area contributed by atoms with Crippen LogP contribution in [0.5, 0.6) is 0 Å². The van der Waals surface area contributed by atoms with Gasteiger partial charge in [-0.1, -0.05) is 43.7 Å². The van der Waals surface area contributed by atoms with Gasteiger partial charge in [-0.2, -0.15) is 0 Å². The number of nitrogens with one attached hydrogen (secondary N) is 2. The number of aromatic nitrogens is 1. The van der Waals surface area contributed by atoms with Crippen LogP contribution in [0, 0.1) is 17.3 Å². The monoisotopic (exact) mass is 310 g/mol. The van der Waals surface area contributed by atoms with E-state index in [0.717, 1.165) is 11.9 Å². The highest BCUT2D eigenvalue weighted by atomic mass is 16.2. The molecule has 0 radical (unpaired) electrons. The fraction of sp³-hybridized carbons (Fsp3) is 0.450. The quantitative estimate of drug-likeness (QED) is 0.804.